The predicted octanol–water partition coefficient (Wildman–Crippen LogP) is 4.93. The Hall–Kier alpha value is -2.91. The van der Waals surface area contributed by atoms with Crippen molar-refractivity contribution in [1.29, 1.82) is 0 Å². The van der Waals surface area contributed by atoms with Crippen molar-refractivity contribution in [3.8, 4) is 0 Å². The van der Waals surface area contributed by atoms with E-state index in [0.717, 1.165) is 56.4 Å². The minimum absolute atomic E-state index is 0.00186. The fourth-order valence-corrected chi connectivity index (χ4v) is 5.54. The Morgan fingerprint density at radius 1 is 1.14 bits per heavy atom. The largest absolute Gasteiger partial charge is 0.444 e. The summed E-state index contributed by atoms with van der Waals surface area (Å²) < 4.78 is 57.2. The van der Waals surface area contributed by atoms with Gasteiger partial charge in [0.1, 0.15) is 12.4 Å². The summed E-state index contributed by atoms with van der Waals surface area (Å²) in [6.07, 6.45) is 1.62. The molecule has 0 saturated carbocycles. The van der Waals surface area contributed by atoms with Crippen LogP contribution >= 0.6 is 0 Å². The molecular formula is C25H27F4N3O3. The zero-order valence-electron chi connectivity index (χ0n) is 19.2. The smallest absolute Gasteiger partial charge is 0.416 e. The molecule has 35 heavy (non-hydrogen) atoms. The number of hydrogen-bond acceptors (Lipinski definition) is 4. The summed E-state index contributed by atoms with van der Waals surface area (Å²) >= 11 is 0. The van der Waals surface area contributed by atoms with Crippen LogP contribution in [0.5, 0.6) is 0 Å². The first kappa shape index (κ1) is 23.8. The first-order valence-electron chi connectivity index (χ1n) is 11.9. The van der Waals surface area contributed by atoms with Gasteiger partial charge < -0.3 is 14.5 Å². The third-order valence-electron chi connectivity index (χ3n) is 7.75. The fourth-order valence-electron chi connectivity index (χ4n) is 5.54. The number of aliphatic imine (C=N–C) groups is 1. The molecule has 4 aliphatic rings. The summed E-state index contributed by atoms with van der Waals surface area (Å²) in [5.74, 6) is -0.860. The highest BCUT2D eigenvalue weighted by atomic mass is 19.4. The van der Waals surface area contributed by atoms with Crippen LogP contribution in [0.2, 0.25) is 0 Å². The molecule has 1 aromatic rings. The molecule has 0 aromatic heterocycles. The standard InChI is InChI=1S/C25H27F4N3O3/c26-20-12-19(25(27,28)29)4-3-18(20)13-35-23(34)31-9-6-24(7-10-31)14-32(15-24)22(33)17-2-1-16-5-8-30-21(16)11-17/h3-4,8,12,17H,1-2,5-7,9-11,13-15H2/t17-/m0/s1. The molecule has 188 valence electrons. The first-order valence-corrected chi connectivity index (χ1v) is 11.9. The van der Waals surface area contributed by atoms with E-state index in [4.69, 9.17) is 4.74 Å². The minimum atomic E-state index is -4.64. The average molecular weight is 494 g/mol. The molecule has 1 spiro atoms. The molecule has 2 saturated heterocycles. The lowest BCUT2D eigenvalue weighted by atomic mass is 9.71. The molecule has 1 aliphatic carbocycles. The number of amides is 2. The van der Waals surface area contributed by atoms with Gasteiger partial charge in [-0.05, 0) is 43.4 Å². The number of likely N-dealkylation sites (tertiary alicyclic amines) is 2. The number of rotatable bonds is 3. The van der Waals surface area contributed by atoms with Gasteiger partial charge in [-0.25, -0.2) is 9.18 Å². The second-order valence-electron chi connectivity index (χ2n) is 10.0. The lowest BCUT2D eigenvalue weighted by molar-refractivity contribution is -0.151. The number of carbonyl (C=O) groups excluding carboxylic acids is 2. The van der Waals surface area contributed by atoms with Gasteiger partial charge in [-0.1, -0.05) is 6.07 Å². The Labute approximate surface area is 200 Å². The number of nitrogens with zero attached hydrogens (tertiary/aromatic N) is 3. The second kappa shape index (κ2) is 8.95. The van der Waals surface area contributed by atoms with Crippen molar-refractivity contribution in [2.75, 3.05) is 26.2 Å². The molecule has 6 nitrogen and oxygen atoms in total. The molecule has 0 bridgehead atoms. The van der Waals surface area contributed by atoms with E-state index >= 15 is 0 Å². The van der Waals surface area contributed by atoms with Crippen LogP contribution < -0.4 is 0 Å². The summed E-state index contributed by atoms with van der Waals surface area (Å²) in [5.41, 5.74) is 1.28. The molecular weight excluding hydrogens is 466 g/mol. The number of benzene rings is 1. The molecule has 10 heteroatoms. The average Bonchev–Trinajstić information content (AvgIpc) is 3.28. The Kier molecular flexibility index (Phi) is 6.09. The molecule has 0 unspecified atom stereocenters. The van der Waals surface area contributed by atoms with Crippen molar-refractivity contribution >= 4 is 18.2 Å². The van der Waals surface area contributed by atoms with Crippen molar-refractivity contribution in [2.45, 2.75) is 51.3 Å². The number of allylic oxidation sites excluding steroid dienone is 2. The Balaban J connectivity index is 1.07. The van der Waals surface area contributed by atoms with Gasteiger partial charge in [0, 0.05) is 67.8 Å². The van der Waals surface area contributed by atoms with E-state index in [1.807, 2.05) is 11.1 Å². The number of halogens is 4. The number of alkyl halides is 3. The third-order valence-corrected chi connectivity index (χ3v) is 7.75. The number of piperidine rings is 1. The topological polar surface area (TPSA) is 62.2 Å². The molecule has 0 radical (unpaired) electrons. The molecule has 3 heterocycles. The molecule has 3 aliphatic heterocycles. The summed E-state index contributed by atoms with van der Waals surface area (Å²) in [4.78, 5) is 33.3. The number of carbonyl (C=O) groups is 2. The highest BCUT2D eigenvalue weighted by molar-refractivity contribution is 5.81. The van der Waals surface area contributed by atoms with E-state index in [1.165, 1.54) is 10.5 Å². The highest BCUT2D eigenvalue weighted by Crippen LogP contribution is 2.43. The molecule has 1 aromatic carbocycles. The molecule has 2 fully saturated rings. The van der Waals surface area contributed by atoms with Crippen LogP contribution in [0.3, 0.4) is 0 Å². The fraction of sp³-hybridized carbons (Fsp3) is 0.560. The summed E-state index contributed by atoms with van der Waals surface area (Å²) in [6, 6.07) is 2.16. The Morgan fingerprint density at radius 3 is 2.57 bits per heavy atom. The van der Waals surface area contributed by atoms with E-state index in [0.29, 0.717) is 32.2 Å². The first-order chi connectivity index (χ1) is 16.6. The van der Waals surface area contributed by atoms with Crippen LogP contribution in [-0.4, -0.2) is 54.2 Å². The highest BCUT2D eigenvalue weighted by Gasteiger charge is 2.48. The maximum absolute atomic E-state index is 14.0. The molecule has 1 atom stereocenters. The lowest BCUT2D eigenvalue weighted by Crippen LogP contribution is -2.63. The van der Waals surface area contributed by atoms with Crippen LogP contribution in [0.15, 0.2) is 34.5 Å². The summed E-state index contributed by atoms with van der Waals surface area (Å²) in [6.45, 7) is 1.88. The van der Waals surface area contributed by atoms with Gasteiger partial charge in [0.15, 0.2) is 0 Å². The molecule has 5 rings (SSSR count). The van der Waals surface area contributed by atoms with Crippen molar-refractivity contribution < 1.29 is 31.9 Å². The molecule has 2 amide bonds. The van der Waals surface area contributed by atoms with E-state index < -0.39 is 30.3 Å². The lowest BCUT2D eigenvalue weighted by Gasteiger charge is -2.54. The zero-order chi connectivity index (χ0) is 24.8. The molecule has 0 N–H and O–H groups in total. The van der Waals surface area contributed by atoms with Crippen LogP contribution in [0.1, 0.15) is 49.7 Å². The normalized spacial score (nSPS) is 23.4. The van der Waals surface area contributed by atoms with Gasteiger partial charge in [-0.15, -0.1) is 0 Å². The van der Waals surface area contributed by atoms with E-state index in [-0.39, 0.29) is 22.8 Å². The SMILES string of the molecule is O=C(OCc1ccc(C(F)(F)F)cc1F)N1CCC2(CC1)CN(C(=O)[C@H]1CCC3=C(C1)N=CC3)C2. The van der Waals surface area contributed by atoms with Crippen molar-refractivity contribution in [2.24, 2.45) is 16.3 Å². The minimum Gasteiger partial charge on any atom is -0.444 e. The van der Waals surface area contributed by atoms with Crippen molar-refractivity contribution in [3.63, 3.8) is 0 Å². The summed E-state index contributed by atoms with van der Waals surface area (Å²) in [7, 11) is 0. The van der Waals surface area contributed by atoms with Gasteiger partial charge in [-0.3, -0.25) is 9.79 Å². The van der Waals surface area contributed by atoms with Gasteiger partial charge >= 0.3 is 12.3 Å². The number of ether oxygens (including phenoxy) is 1. The van der Waals surface area contributed by atoms with E-state index in [1.54, 1.807) is 0 Å². The van der Waals surface area contributed by atoms with Crippen LogP contribution in [-0.2, 0) is 22.3 Å². The number of hydrogen-bond donors (Lipinski definition) is 0. The Bertz CT molecular complexity index is 1080. The monoisotopic (exact) mass is 493 g/mol. The Morgan fingerprint density at radius 2 is 1.89 bits per heavy atom. The van der Waals surface area contributed by atoms with E-state index in [2.05, 4.69) is 4.99 Å². The quantitative estimate of drug-likeness (QED) is 0.561. The third kappa shape index (κ3) is 4.79. The maximum Gasteiger partial charge on any atom is 0.416 e. The zero-order valence-corrected chi connectivity index (χ0v) is 19.2. The van der Waals surface area contributed by atoms with Gasteiger partial charge in [0.25, 0.3) is 0 Å². The van der Waals surface area contributed by atoms with Crippen LogP contribution in [0.4, 0.5) is 22.4 Å². The van der Waals surface area contributed by atoms with Crippen molar-refractivity contribution in [3.05, 3.63) is 46.4 Å². The van der Waals surface area contributed by atoms with E-state index in [9.17, 15) is 27.2 Å². The summed E-state index contributed by atoms with van der Waals surface area (Å²) in [5, 5.41) is 0. The van der Waals surface area contributed by atoms with Crippen LogP contribution in [0.25, 0.3) is 0 Å². The maximum atomic E-state index is 14.0. The van der Waals surface area contributed by atoms with Crippen LogP contribution in [0, 0.1) is 17.2 Å². The second-order valence-corrected chi connectivity index (χ2v) is 10.0. The van der Waals surface area contributed by atoms with Crippen molar-refractivity contribution in [1.82, 2.24) is 9.80 Å². The van der Waals surface area contributed by atoms with Gasteiger partial charge in [0.2, 0.25) is 5.91 Å². The predicted molar refractivity (Wildman–Crippen MR) is 119 cm³/mol. The van der Waals surface area contributed by atoms with Gasteiger partial charge in [-0.2, -0.15) is 13.2 Å². The van der Waals surface area contributed by atoms with Gasteiger partial charge in [0.05, 0.1) is 5.56 Å².